The summed E-state index contributed by atoms with van der Waals surface area (Å²) < 4.78 is 16.5. The normalized spacial score (nSPS) is 26.1. The number of nitrogens with zero attached hydrogens (tertiary/aromatic N) is 1. The third-order valence-electron chi connectivity index (χ3n) is 4.87. The highest BCUT2D eigenvalue weighted by molar-refractivity contribution is 5.77. The lowest BCUT2D eigenvalue weighted by molar-refractivity contribution is -0.143. The number of hydrogen-bond acceptors (Lipinski definition) is 4. The third-order valence-corrected chi connectivity index (χ3v) is 4.87. The minimum atomic E-state index is 0.248. The van der Waals surface area contributed by atoms with Crippen LogP contribution in [0.3, 0.4) is 0 Å². The predicted octanol–water partition coefficient (Wildman–Crippen LogP) is 2.13. The molecule has 2 atom stereocenters. The molecule has 1 aromatic rings. The van der Waals surface area contributed by atoms with Crippen LogP contribution in [0.15, 0.2) is 18.2 Å². The van der Waals surface area contributed by atoms with E-state index in [4.69, 9.17) is 14.2 Å². The highest BCUT2D eigenvalue weighted by Gasteiger charge is 2.37. The summed E-state index contributed by atoms with van der Waals surface area (Å²) >= 11 is 0. The second-order valence-electron chi connectivity index (χ2n) is 6.18. The van der Waals surface area contributed by atoms with Gasteiger partial charge in [-0.2, -0.15) is 0 Å². The fourth-order valence-electron chi connectivity index (χ4n) is 3.73. The summed E-state index contributed by atoms with van der Waals surface area (Å²) in [5, 5.41) is 0. The van der Waals surface area contributed by atoms with Crippen molar-refractivity contribution in [1.29, 1.82) is 0 Å². The molecule has 0 radical (unpaired) electrons. The molecular formula is C17H21NO4. The Kier molecular flexibility index (Phi) is 3.66. The van der Waals surface area contributed by atoms with Crippen molar-refractivity contribution in [1.82, 2.24) is 4.90 Å². The quantitative estimate of drug-likeness (QED) is 0.858. The standard InChI is InChI=1S/C17H21NO4/c19-17(18-8-9-20-14-3-1-2-13(14)18)7-5-12-4-6-15-16(10-12)22-11-21-15/h4,6,10,13-14H,1-3,5,7-9,11H2/t13-,14+/m0/s1. The maximum Gasteiger partial charge on any atom is 0.231 e. The summed E-state index contributed by atoms with van der Waals surface area (Å²) in [6.45, 7) is 1.70. The third kappa shape index (κ3) is 2.54. The molecule has 22 heavy (non-hydrogen) atoms. The monoisotopic (exact) mass is 303 g/mol. The first kappa shape index (κ1) is 13.9. The highest BCUT2D eigenvalue weighted by Crippen LogP contribution is 2.33. The molecule has 5 heteroatoms. The van der Waals surface area contributed by atoms with E-state index in [0.717, 1.165) is 42.9 Å². The number of amides is 1. The number of rotatable bonds is 3. The average molecular weight is 303 g/mol. The van der Waals surface area contributed by atoms with Crippen molar-refractivity contribution in [3.05, 3.63) is 23.8 Å². The minimum Gasteiger partial charge on any atom is -0.454 e. The van der Waals surface area contributed by atoms with Gasteiger partial charge in [-0.05, 0) is 43.4 Å². The number of aryl methyl sites for hydroxylation is 1. The SMILES string of the molecule is O=C(CCc1ccc2c(c1)OCO2)N1CCO[C@@H]2CCC[C@@H]21. The van der Waals surface area contributed by atoms with Gasteiger partial charge in [0.15, 0.2) is 11.5 Å². The molecule has 118 valence electrons. The van der Waals surface area contributed by atoms with Crippen LogP contribution >= 0.6 is 0 Å². The van der Waals surface area contributed by atoms with Gasteiger partial charge in [0.05, 0.1) is 18.8 Å². The average Bonchev–Trinajstić information content (AvgIpc) is 3.20. The molecule has 1 amide bonds. The number of hydrogen-bond donors (Lipinski definition) is 0. The fourth-order valence-corrected chi connectivity index (χ4v) is 3.73. The van der Waals surface area contributed by atoms with Crippen LogP contribution in [-0.4, -0.2) is 42.9 Å². The zero-order chi connectivity index (χ0) is 14.9. The van der Waals surface area contributed by atoms with E-state index in [1.165, 1.54) is 6.42 Å². The lowest BCUT2D eigenvalue weighted by Gasteiger charge is -2.37. The minimum absolute atomic E-state index is 0.248. The second kappa shape index (κ2) is 5.80. The van der Waals surface area contributed by atoms with Crippen LogP contribution in [0.25, 0.3) is 0 Å². The molecule has 0 spiro atoms. The Morgan fingerprint density at radius 3 is 3.09 bits per heavy atom. The molecule has 2 heterocycles. The Morgan fingerprint density at radius 1 is 1.23 bits per heavy atom. The van der Waals surface area contributed by atoms with Crippen LogP contribution in [-0.2, 0) is 16.0 Å². The molecule has 3 aliphatic rings. The van der Waals surface area contributed by atoms with E-state index in [1.807, 2.05) is 23.1 Å². The van der Waals surface area contributed by atoms with Crippen LogP contribution in [0.4, 0.5) is 0 Å². The molecule has 1 aliphatic carbocycles. The molecule has 4 rings (SSSR count). The number of carbonyl (C=O) groups excluding carboxylic acids is 1. The largest absolute Gasteiger partial charge is 0.454 e. The molecule has 2 fully saturated rings. The Balaban J connectivity index is 1.38. The fraction of sp³-hybridized carbons (Fsp3) is 0.588. The number of ether oxygens (including phenoxy) is 3. The van der Waals surface area contributed by atoms with Gasteiger partial charge in [0, 0.05) is 13.0 Å². The lowest BCUT2D eigenvalue weighted by Crippen LogP contribution is -2.51. The summed E-state index contributed by atoms with van der Waals surface area (Å²) in [5.41, 5.74) is 1.12. The smallest absolute Gasteiger partial charge is 0.231 e. The Hall–Kier alpha value is -1.75. The molecule has 0 aromatic heterocycles. The Labute approximate surface area is 130 Å². The highest BCUT2D eigenvalue weighted by atomic mass is 16.7. The van der Waals surface area contributed by atoms with Gasteiger partial charge in [-0.1, -0.05) is 6.07 Å². The van der Waals surface area contributed by atoms with Crippen LogP contribution < -0.4 is 9.47 Å². The lowest BCUT2D eigenvalue weighted by atomic mass is 10.1. The molecular weight excluding hydrogens is 282 g/mol. The van der Waals surface area contributed by atoms with Crippen molar-refractivity contribution in [3.8, 4) is 11.5 Å². The first-order valence-electron chi connectivity index (χ1n) is 8.11. The summed E-state index contributed by atoms with van der Waals surface area (Å²) in [6, 6.07) is 6.22. The van der Waals surface area contributed by atoms with Crippen LogP contribution in [0.1, 0.15) is 31.2 Å². The zero-order valence-corrected chi connectivity index (χ0v) is 12.6. The molecule has 5 nitrogen and oxygen atoms in total. The van der Waals surface area contributed by atoms with E-state index in [9.17, 15) is 4.79 Å². The molecule has 1 aromatic carbocycles. The van der Waals surface area contributed by atoms with E-state index < -0.39 is 0 Å². The van der Waals surface area contributed by atoms with E-state index in [0.29, 0.717) is 19.1 Å². The van der Waals surface area contributed by atoms with Gasteiger partial charge in [-0.25, -0.2) is 0 Å². The van der Waals surface area contributed by atoms with Gasteiger partial charge in [-0.3, -0.25) is 4.79 Å². The molecule has 0 unspecified atom stereocenters. The summed E-state index contributed by atoms with van der Waals surface area (Å²) in [5.74, 6) is 1.82. The predicted molar refractivity (Wildman–Crippen MR) is 80.0 cm³/mol. The summed E-state index contributed by atoms with van der Waals surface area (Å²) in [4.78, 5) is 14.6. The van der Waals surface area contributed by atoms with Gasteiger partial charge in [0.25, 0.3) is 0 Å². The van der Waals surface area contributed by atoms with Crippen LogP contribution in [0.5, 0.6) is 11.5 Å². The van der Waals surface area contributed by atoms with Crippen LogP contribution in [0.2, 0.25) is 0 Å². The molecule has 0 bridgehead atoms. The van der Waals surface area contributed by atoms with Crippen molar-refractivity contribution in [2.45, 2.75) is 44.2 Å². The van der Waals surface area contributed by atoms with E-state index in [2.05, 4.69) is 0 Å². The second-order valence-corrected chi connectivity index (χ2v) is 6.18. The van der Waals surface area contributed by atoms with Crippen molar-refractivity contribution in [2.24, 2.45) is 0 Å². The van der Waals surface area contributed by atoms with Crippen molar-refractivity contribution in [3.63, 3.8) is 0 Å². The van der Waals surface area contributed by atoms with Gasteiger partial charge >= 0.3 is 0 Å². The first-order chi connectivity index (χ1) is 10.8. The van der Waals surface area contributed by atoms with Gasteiger partial charge in [0.2, 0.25) is 12.7 Å². The maximum atomic E-state index is 12.6. The van der Waals surface area contributed by atoms with Gasteiger partial charge in [0.1, 0.15) is 0 Å². The summed E-state index contributed by atoms with van der Waals surface area (Å²) in [7, 11) is 0. The van der Waals surface area contributed by atoms with E-state index in [1.54, 1.807) is 0 Å². The first-order valence-corrected chi connectivity index (χ1v) is 8.11. The Bertz CT molecular complexity index is 574. The maximum absolute atomic E-state index is 12.6. The van der Waals surface area contributed by atoms with Gasteiger partial charge < -0.3 is 19.1 Å². The van der Waals surface area contributed by atoms with Gasteiger partial charge in [-0.15, -0.1) is 0 Å². The molecule has 1 saturated carbocycles. The molecule has 1 saturated heterocycles. The number of carbonyl (C=O) groups is 1. The van der Waals surface area contributed by atoms with Crippen molar-refractivity contribution >= 4 is 5.91 Å². The zero-order valence-electron chi connectivity index (χ0n) is 12.6. The van der Waals surface area contributed by atoms with E-state index in [-0.39, 0.29) is 18.8 Å². The topological polar surface area (TPSA) is 48.0 Å². The van der Waals surface area contributed by atoms with E-state index >= 15 is 0 Å². The molecule has 2 aliphatic heterocycles. The molecule has 0 N–H and O–H groups in total. The number of fused-ring (bicyclic) bond motifs is 2. The van der Waals surface area contributed by atoms with Crippen molar-refractivity contribution < 1.29 is 19.0 Å². The summed E-state index contributed by atoms with van der Waals surface area (Å²) in [6.07, 6.45) is 4.90. The number of morpholine rings is 1. The van der Waals surface area contributed by atoms with Crippen molar-refractivity contribution in [2.75, 3.05) is 19.9 Å². The Morgan fingerprint density at radius 2 is 2.14 bits per heavy atom. The number of benzene rings is 1. The van der Waals surface area contributed by atoms with Crippen LogP contribution in [0, 0.1) is 0 Å².